The van der Waals surface area contributed by atoms with E-state index in [1.54, 1.807) is 6.20 Å². The van der Waals surface area contributed by atoms with Gasteiger partial charge in [-0.3, -0.25) is 0 Å². The Labute approximate surface area is 111 Å². The lowest BCUT2D eigenvalue weighted by molar-refractivity contribution is 0.810. The van der Waals surface area contributed by atoms with E-state index in [0.717, 1.165) is 22.6 Å². The number of aromatic nitrogens is 4. The summed E-state index contributed by atoms with van der Waals surface area (Å²) in [6, 6.07) is 10.3. The Bertz CT molecular complexity index is 699. The topological polar surface area (TPSA) is 69.1 Å². The van der Waals surface area contributed by atoms with Gasteiger partial charge in [-0.25, -0.2) is 4.98 Å². The molecule has 0 bridgehead atoms. The molecular formula is C14H15N5. The van der Waals surface area contributed by atoms with Crippen LogP contribution in [-0.2, 0) is 6.42 Å². The number of hydrogen-bond donors (Lipinski definition) is 1. The van der Waals surface area contributed by atoms with Crippen LogP contribution in [0.15, 0.2) is 36.5 Å². The van der Waals surface area contributed by atoms with Crippen LogP contribution < -0.4 is 5.73 Å². The maximum atomic E-state index is 5.48. The molecule has 5 heteroatoms. The lowest BCUT2D eigenvalue weighted by Crippen LogP contribution is -2.07. The number of hydrogen-bond acceptors (Lipinski definition) is 4. The summed E-state index contributed by atoms with van der Waals surface area (Å²) in [6.07, 6.45) is 2.41. The Kier molecular flexibility index (Phi) is 2.97. The zero-order valence-electron chi connectivity index (χ0n) is 10.7. The van der Waals surface area contributed by atoms with E-state index in [9.17, 15) is 0 Å². The van der Waals surface area contributed by atoms with Crippen molar-refractivity contribution in [3.05, 3.63) is 48.0 Å². The lowest BCUT2D eigenvalue weighted by atomic mass is 10.3. The average Bonchev–Trinajstić information content (AvgIpc) is 2.85. The molecule has 0 amide bonds. The van der Waals surface area contributed by atoms with Gasteiger partial charge in [0.25, 0.3) is 0 Å². The Balaban J connectivity index is 2.09. The van der Waals surface area contributed by atoms with Crippen molar-refractivity contribution in [1.82, 2.24) is 19.6 Å². The molecule has 19 heavy (non-hydrogen) atoms. The quantitative estimate of drug-likeness (QED) is 0.769. The highest BCUT2D eigenvalue weighted by molar-refractivity contribution is 5.64. The predicted octanol–water partition coefficient (Wildman–Crippen LogP) is 1.60. The van der Waals surface area contributed by atoms with E-state index in [4.69, 9.17) is 5.73 Å². The van der Waals surface area contributed by atoms with E-state index in [0.29, 0.717) is 18.8 Å². The average molecular weight is 253 g/mol. The zero-order valence-corrected chi connectivity index (χ0v) is 10.7. The van der Waals surface area contributed by atoms with Gasteiger partial charge in [-0.2, -0.15) is 0 Å². The first-order chi connectivity index (χ1) is 9.29. The largest absolute Gasteiger partial charge is 0.330 e. The van der Waals surface area contributed by atoms with Crippen LogP contribution in [0.5, 0.6) is 0 Å². The van der Waals surface area contributed by atoms with Crippen LogP contribution in [0.4, 0.5) is 0 Å². The Morgan fingerprint density at radius 3 is 2.79 bits per heavy atom. The fraction of sp³-hybridized carbons (Fsp3) is 0.214. The number of nitrogens with two attached hydrogens (primary N) is 1. The number of aryl methyl sites for hydroxylation is 1. The van der Waals surface area contributed by atoms with Crippen molar-refractivity contribution in [3.63, 3.8) is 0 Å². The molecule has 0 saturated heterocycles. The van der Waals surface area contributed by atoms with E-state index in [-0.39, 0.29) is 0 Å². The third-order valence-corrected chi connectivity index (χ3v) is 3.11. The van der Waals surface area contributed by atoms with Crippen molar-refractivity contribution >= 4 is 5.52 Å². The first kappa shape index (κ1) is 11.8. The van der Waals surface area contributed by atoms with Crippen molar-refractivity contribution in [3.8, 4) is 11.4 Å². The van der Waals surface area contributed by atoms with E-state index in [1.165, 1.54) is 0 Å². The van der Waals surface area contributed by atoms with Gasteiger partial charge < -0.3 is 10.1 Å². The monoisotopic (exact) mass is 253 g/mol. The summed E-state index contributed by atoms with van der Waals surface area (Å²) in [5.41, 5.74) is 9.55. The van der Waals surface area contributed by atoms with E-state index in [1.807, 2.05) is 12.1 Å². The molecule has 0 aliphatic heterocycles. The van der Waals surface area contributed by atoms with Gasteiger partial charge in [0.15, 0.2) is 5.82 Å². The highest BCUT2D eigenvalue weighted by Crippen LogP contribution is 2.21. The third-order valence-electron chi connectivity index (χ3n) is 3.11. The summed E-state index contributed by atoms with van der Waals surface area (Å²) >= 11 is 0. The molecule has 0 spiro atoms. The summed E-state index contributed by atoms with van der Waals surface area (Å²) in [7, 11) is 0. The van der Waals surface area contributed by atoms with Crippen molar-refractivity contribution in [1.29, 1.82) is 0 Å². The molecule has 3 aromatic rings. The molecule has 0 aliphatic rings. The molecule has 0 saturated carbocycles. The second kappa shape index (κ2) is 4.78. The molecular weight excluding hydrogens is 238 g/mol. The van der Waals surface area contributed by atoms with Crippen LogP contribution in [0.3, 0.4) is 0 Å². The molecule has 96 valence electrons. The molecule has 0 unspecified atom stereocenters. The molecule has 2 N–H and O–H groups in total. The lowest BCUT2D eigenvalue weighted by Gasteiger charge is -2.05. The van der Waals surface area contributed by atoms with E-state index in [2.05, 4.69) is 44.7 Å². The Morgan fingerprint density at radius 2 is 2.05 bits per heavy atom. The second-order valence-electron chi connectivity index (χ2n) is 4.44. The van der Waals surface area contributed by atoms with Gasteiger partial charge in [0, 0.05) is 17.6 Å². The molecule has 0 aliphatic carbocycles. The van der Waals surface area contributed by atoms with Crippen molar-refractivity contribution in [2.24, 2.45) is 5.73 Å². The summed E-state index contributed by atoms with van der Waals surface area (Å²) in [6.45, 7) is 2.61. The van der Waals surface area contributed by atoms with E-state index >= 15 is 0 Å². The van der Waals surface area contributed by atoms with Crippen LogP contribution in [-0.4, -0.2) is 26.1 Å². The molecule has 0 atom stereocenters. The van der Waals surface area contributed by atoms with Gasteiger partial charge in [0.2, 0.25) is 0 Å². The Hall–Kier alpha value is -2.27. The fourth-order valence-electron chi connectivity index (χ4n) is 2.20. The van der Waals surface area contributed by atoms with Gasteiger partial charge in [0.1, 0.15) is 5.69 Å². The minimum atomic E-state index is 0.536. The first-order valence-electron chi connectivity index (χ1n) is 6.26. The maximum absolute atomic E-state index is 5.48. The number of fused-ring (bicyclic) bond motifs is 1. The molecule has 0 aromatic carbocycles. The van der Waals surface area contributed by atoms with Crippen LogP contribution >= 0.6 is 0 Å². The molecule has 5 nitrogen and oxygen atoms in total. The van der Waals surface area contributed by atoms with Crippen molar-refractivity contribution in [2.75, 3.05) is 6.54 Å². The summed E-state index contributed by atoms with van der Waals surface area (Å²) in [5.74, 6) is 0.684. The van der Waals surface area contributed by atoms with Gasteiger partial charge in [-0.15, -0.1) is 10.2 Å². The van der Waals surface area contributed by atoms with Gasteiger partial charge in [-0.05, 0) is 37.7 Å². The highest BCUT2D eigenvalue weighted by Gasteiger charge is 2.08. The standard InChI is InChI=1S/C14H15N5/c1-10-3-2-4-11-5-6-13(19(10)11)12-9-16-14(7-8-15)18-17-12/h2-6,9H,7-8,15H2,1H3. The van der Waals surface area contributed by atoms with Crippen LogP contribution in [0, 0.1) is 6.92 Å². The zero-order chi connectivity index (χ0) is 13.2. The first-order valence-corrected chi connectivity index (χ1v) is 6.26. The molecule has 3 heterocycles. The number of pyridine rings is 1. The predicted molar refractivity (Wildman–Crippen MR) is 73.7 cm³/mol. The smallest absolute Gasteiger partial charge is 0.152 e. The third kappa shape index (κ3) is 2.08. The van der Waals surface area contributed by atoms with Gasteiger partial charge in [-0.1, -0.05) is 6.07 Å². The SMILES string of the molecule is Cc1cccc2ccc(-c3cnc(CCN)nn3)n12. The van der Waals surface area contributed by atoms with Crippen LogP contribution in [0.2, 0.25) is 0 Å². The molecule has 0 fully saturated rings. The van der Waals surface area contributed by atoms with Crippen LogP contribution in [0.25, 0.3) is 16.9 Å². The van der Waals surface area contributed by atoms with Gasteiger partial charge >= 0.3 is 0 Å². The summed E-state index contributed by atoms with van der Waals surface area (Å²) < 4.78 is 2.15. The molecule has 0 radical (unpaired) electrons. The summed E-state index contributed by atoms with van der Waals surface area (Å²) in [4.78, 5) is 4.29. The number of rotatable bonds is 3. The minimum absolute atomic E-state index is 0.536. The maximum Gasteiger partial charge on any atom is 0.152 e. The van der Waals surface area contributed by atoms with Crippen molar-refractivity contribution in [2.45, 2.75) is 13.3 Å². The fourth-order valence-corrected chi connectivity index (χ4v) is 2.20. The second-order valence-corrected chi connectivity index (χ2v) is 4.44. The minimum Gasteiger partial charge on any atom is -0.330 e. The molecule has 3 aromatic heterocycles. The van der Waals surface area contributed by atoms with Crippen LogP contribution in [0.1, 0.15) is 11.5 Å². The normalized spacial score (nSPS) is 11.1. The van der Waals surface area contributed by atoms with E-state index < -0.39 is 0 Å². The number of nitrogens with zero attached hydrogens (tertiary/aromatic N) is 4. The van der Waals surface area contributed by atoms with Crippen molar-refractivity contribution < 1.29 is 0 Å². The van der Waals surface area contributed by atoms with Gasteiger partial charge in [0.05, 0.1) is 11.9 Å². The highest BCUT2D eigenvalue weighted by atomic mass is 15.2. The summed E-state index contributed by atoms with van der Waals surface area (Å²) in [5, 5.41) is 8.35. The Morgan fingerprint density at radius 1 is 1.16 bits per heavy atom. The molecule has 3 rings (SSSR count).